The number of benzene rings is 1. The summed E-state index contributed by atoms with van der Waals surface area (Å²) in [5, 5.41) is 7.41. The van der Waals surface area contributed by atoms with Gasteiger partial charge in [-0.1, -0.05) is 18.2 Å². The van der Waals surface area contributed by atoms with Crippen LogP contribution in [-0.2, 0) is 18.3 Å². The molecule has 1 N–H and O–H groups in total. The number of rotatable bonds is 2. The van der Waals surface area contributed by atoms with Crippen molar-refractivity contribution < 1.29 is 4.79 Å². The maximum Gasteiger partial charge on any atom is 0.241 e. The molecule has 5 nitrogen and oxygen atoms in total. The third-order valence-electron chi connectivity index (χ3n) is 5.51. The van der Waals surface area contributed by atoms with E-state index < -0.39 is 0 Å². The van der Waals surface area contributed by atoms with Gasteiger partial charge in [0.2, 0.25) is 5.91 Å². The predicted octanol–water partition coefficient (Wildman–Crippen LogP) is 2.55. The zero-order chi connectivity index (χ0) is 16.5. The first kappa shape index (κ1) is 15.4. The van der Waals surface area contributed by atoms with E-state index in [-0.39, 0.29) is 11.9 Å². The second kappa shape index (κ2) is 6.40. The van der Waals surface area contributed by atoms with Crippen molar-refractivity contribution in [3.63, 3.8) is 0 Å². The highest BCUT2D eigenvalue weighted by Crippen LogP contribution is 2.30. The molecule has 0 aliphatic carbocycles. The third kappa shape index (κ3) is 2.84. The second-order valence-corrected chi connectivity index (χ2v) is 6.89. The van der Waals surface area contributed by atoms with E-state index >= 15 is 0 Å². The fraction of sp³-hybridized carbons (Fsp3) is 0.474. The topological polar surface area (TPSA) is 50.2 Å². The van der Waals surface area contributed by atoms with Crippen molar-refractivity contribution in [2.75, 3.05) is 18.4 Å². The molecule has 0 spiro atoms. The van der Waals surface area contributed by atoms with Crippen LogP contribution < -0.4 is 5.32 Å². The molecule has 126 valence electrons. The molecular formula is C19H24N4O. The van der Waals surface area contributed by atoms with Gasteiger partial charge in [0.05, 0.1) is 6.04 Å². The zero-order valence-electron chi connectivity index (χ0n) is 14.1. The lowest BCUT2D eigenvalue weighted by molar-refractivity contribution is -0.121. The SMILES string of the molecule is Cn1nccc1C1CCN(C2CCc3ccccc3NC2=O)CC1. The minimum Gasteiger partial charge on any atom is -0.324 e. The van der Waals surface area contributed by atoms with Gasteiger partial charge in [0.25, 0.3) is 0 Å². The van der Waals surface area contributed by atoms with Crippen LogP contribution >= 0.6 is 0 Å². The Labute approximate surface area is 142 Å². The number of carbonyl (C=O) groups excluding carboxylic acids is 1. The molecule has 0 saturated carbocycles. The zero-order valence-corrected chi connectivity index (χ0v) is 14.1. The summed E-state index contributed by atoms with van der Waals surface area (Å²) in [4.78, 5) is 15.0. The van der Waals surface area contributed by atoms with Crippen molar-refractivity contribution in [2.45, 2.75) is 37.6 Å². The van der Waals surface area contributed by atoms with Gasteiger partial charge in [-0.05, 0) is 56.5 Å². The molecule has 1 fully saturated rings. The number of anilines is 1. The molecule has 1 aromatic carbocycles. The fourth-order valence-corrected chi connectivity index (χ4v) is 4.14. The lowest BCUT2D eigenvalue weighted by atomic mass is 9.92. The average molecular weight is 324 g/mol. The summed E-state index contributed by atoms with van der Waals surface area (Å²) in [6.45, 7) is 1.95. The molecule has 3 heterocycles. The van der Waals surface area contributed by atoms with Crippen molar-refractivity contribution in [1.29, 1.82) is 0 Å². The lowest BCUT2D eigenvalue weighted by Gasteiger charge is -2.36. The molecule has 2 aromatic rings. The van der Waals surface area contributed by atoms with Crippen LogP contribution in [0.5, 0.6) is 0 Å². The molecule has 1 aromatic heterocycles. The van der Waals surface area contributed by atoms with E-state index in [1.807, 2.05) is 36.1 Å². The number of amides is 1. The maximum absolute atomic E-state index is 12.7. The van der Waals surface area contributed by atoms with Crippen LogP contribution in [0.15, 0.2) is 36.5 Å². The molecule has 0 radical (unpaired) electrons. The van der Waals surface area contributed by atoms with Gasteiger partial charge >= 0.3 is 0 Å². The van der Waals surface area contributed by atoms with Crippen molar-refractivity contribution in [1.82, 2.24) is 14.7 Å². The molecular weight excluding hydrogens is 300 g/mol. The van der Waals surface area contributed by atoms with E-state index in [0.717, 1.165) is 44.5 Å². The monoisotopic (exact) mass is 324 g/mol. The van der Waals surface area contributed by atoms with E-state index in [0.29, 0.717) is 5.92 Å². The Bertz CT molecular complexity index is 730. The molecule has 1 unspecified atom stereocenters. The van der Waals surface area contributed by atoms with Crippen LogP contribution in [0.25, 0.3) is 0 Å². The van der Waals surface area contributed by atoms with Gasteiger partial charge in [-0.25, -0.2) is 0 Å². The maximum atomic E-state index is 12.7. The van der Waals surface area contributed by atoms with Gasteiger partial charge in [-0.3, -0.25) is 14.4 Å². The van der Waals surface area contributed by atoms with E-state index in [1.165, 1.54) is 11.3 Å². The first-order valence-electron chi connectivity index (χ1n) is 8.83. The van der Waals surface area contributed by atoms with Crippen molar-refractivity contribution in [2.24, 2.45) is 7.05 Å². The highest BCUT2D eigenvalue weighted by molar-refractivity contribution is 5.96. The Hall–Kier alpha value is -2.14. The highest BCUT2D eigenvalue weighted by atomic mass is 16.2. The number of nitrogens with one attached hydrogen (secondary N) is 1. The summed E-state index contributed by atoms with van der Waals surface area (Å²) in [5.41, 5.74) is 3.54. The minimum atomic E-state index is -0.00936. The van der Waals surface area contributed by atoms with Gasteiger partial charge in [-0.2, -0.15) is 5.10 Å². The van der Waals surface area contributed by atoms with Gasteiger partial charge in [0.1, 0.15) is 0 Å². The Morgan fingerprint density at radius 2 is 1.92 bits per heavy atom. The van der Waals surface area contributed by atoms with Gasteiger partial charge < -0.3 is 5.32 Å². The number of piperidine rings is 1. The number of aromatic nitrogens is 2. The van der Waals surface area contributed by atoms with E-state index in [9.17, 15) is 4.79 Å². The summed E-state index contributed by atoms with van der Waals surface area (Å²) >= 11 is 0. The number of hydrogen-bond donors (Lipinski definition) is 1. The molecule has 0 bridgehead atoms. The molecule has 1 atom stereocenters. The summed E-state index contributed by atoms with van der Waals surface area (Å²) < 4.78 is 1.98. The molecule has 1 amide bonds. The summed E-state index contributed by atoms with van der Waals surface area (Å²) in [7, 11) is 2.01. The third-order valence-corrected chi connectivity index (χ3v) is 5.51. The minimum absolute atomic E-state index is 0.00936. The first-order chi connectivity index (χ1) is 11.7. The molecule has 1 saturated heterocycles. The number of nitrogens with zero attached hydrogens (tertiary/aromatic N) is 3. The Kier molecular flexibility index (Phi) is 4.10. The van der Waals surface area contributed by atoms with E-state index in [1.54, 1.807) is 0 Å². The lowest BCUT2D eigenvalue weighted by Crippen LogP contribution is -2.47. The van der Waals surface area contributed by atoms with Crippen LogP contribution in [0.1, 0.15) is 36.4 Å². The van der Waals surface area contributed by atoms with Crippen LogP contribution in [0.3, 0.4) is 0 Å². The molecule has 24 heavy (non-hydrogen) atoms. The van der Waals surface area contributed by atoms with Crippen molar-refractivity contribution >= 4 is 11.6 Å². The summed E-state index contributed by atoms with van der Waals surface area (Å²) in [6.07, 6.45) is 5.92. The normalized spacial score (nSPS) is 22.7. The van der Waals surface area contributed by atoms with Crippen LogP contribution in [0, 0.1) is 0 Å². The average Bonchev–Trinajstić information content (AvgIpc) is 2.95. The largest absolute Gasteiger partial charge is 0.324 e. The predicted molar refractivity (Wildman–Crippen MR) is 93.9 cm³/mol. The smallest absolute Gasteiger partial charge is 0.241 e. The second-order valence-electron chi connectivity index (χ2n) is 6.89. The van der Waals surface area contributed by atoms with E-state index in [4.69, 9.17) is 0 Å². The van der Waals surface area contributed by atoms with Gasteiger partial charge in [0, 0.05) is 30.5 Å². The Morgan fingerprint density at radius 3 is 2.67 bits per heavy atom. The number of fused-ring (bicyclic) bond motifs is 1. The van der Waals surface area contributed by atoms with Crippen LogP contribution in [-0.4, -0.2) is 39.7 Å². The van der Waals surface area contributed by atoms with Gasteiger partial charge in [-0.15, -0.1) is 0 Å². The standard InChI is InChI=1S/C19H24N4O/c1-22-17(8-11-20-22)15-9-12-23(13-10-15)18-7-6-14-4-2-3-5-16(14)21-19(18)24/h2-5,8,11,15,18H,6-7,9-10,12-13H2,1H3,(H,21,24). The molecule has 2 aliphatic rings. The van der Waals surface area contributed by atoms with Crippen LogP contribution in [0.2, 0.25) is 0 Å². The number of hydrogen-bond acceptors (Lipinski definition) is 3. The number of likely N-dealkylation sites (tertiary alicyclic amines) is 1. The molecule has 4 rings (SSSR count). The Balaban J connectivity index is 1.43. The van der Waals surface area contributed by atoms with E-state index in [2.05, 4.69) is 27.4 Å². The molecule has 2 aliphatic heterocycles. The number of para-hydroxylation sites is 1. The number of aryl methyl sites for hydroxylation is 2. The van der Waals surface area contributed by atoms with Crippen molar-refractivity contribution in [3.8, 4) is 0 Å². The Morgan fingerprint density at radius 1 is 1.12 bits per heavy atom. The molecule has 5 heteroatoms. The fourth-order valence-electron chi connectivity index (χ4n) is 4.14. The number of carbonyl (C=O) groups is 1. The van der Waals surface area contributed by atoms with Crippen molar-refractivity contribution in [3.05, 3.63) is 47.8 Å². The quantitative estimate of drug-likeness (QED) is 0.923. The summed E-state index contributed by atoms with van der Waals surface area (Å²) in [6, 6.07) is 10.3. The summed E-state index contributed by atoms with van der Waals surface area (Å²) in [5.74, 6) is 0.707. The van der Waals surface area contributed by atoms with Crippen LogP contribution in [0.4, 0.5) is 5.69 Å². The van der Waals surface area contributed by atoms with Gasteiger partial charge in [0.15, 0.2) is 0 Å². The first-order valence-corrected chi connectivity index (χ1v) is 8.83. The highest BCUT2D eigenvalue weighted by Gasteiger charge is 2.32.